The summed E-state index contributed by atoms with van der Waals surface area (Å²) < 4.78 is 4.90. The van der Waals surface area contributed by atoms with Crippen LogP contribution in [-0.2, 0) is 23.9 Å². The SMILES string of the molecule is CC(=O)OCC1=C(C(=O)O)N2C(=O)[C@H](N(C=O)c3ccc(C)cc3)[C@H]2SC1. The fraction of sp³-hybridized carbons (Fsp3) is 0.333. The molecule has 1 aromatic rings. The average Bonchev–Trinajstić information content (AvgIpc) is 2.64. The first-order chi connectivity index (χ1) is 12.8. The van der Waals surface area contributed by atoms with Crippen molar-refractivity contribution in [3.63, 3.8) is 0 Å². The maximum Gasteiger partial charge on any atom is 0.352 e. The van der Waals surface area contributed by atoms with E-state index >= 15 is 0 Å². The number of carboxylic acids is 1. The standard InChI is InChI=1S/C18H18N2O6S/c1-10-3-5-13(6-4-10)19(9-21)15-16(23)20-14(18(24)25)12(7-26-11(2)22)8-27-17(15)20/h3-6,9,15,17H,7-8H2,1-2H3,(H,24,25)/t15-,17+/m0/s1. The quantitative estimate of drug-likeness (QED) is 0.441. The van der Waals surface area contributed by atoms with Crippen molar-refractivity contribution in [1.82, 2.24) is 4.90 Å². The van der Waals surface area contributed by atoms with Crippen LogP contribution in [-0.4, -0.2) is 58.0 Å². The normalized spacial score (nSPS) is 21.3. The number of anilines is 1. The van der Waals surface area contributed by atoms with Gasteiger partial charge in [0.1, 0.15) is 23.7 Å². The Morgan fingerprint density at radius 3 is 2.59 bits per heavy atom. The number of hydrogen-bond donors (Lipinski definition) is 1. The summed E-state index contributed by atoms with van der Waals surface area (Å²) in [6.07, 6.45) is 0.587. The largest absolute Gasteiger partial charge is 0.477 e. The molecule has 2 atom stereocenters. The first kappa shape index (κ1) is 19.0. The molecule has 2 aliphatic heterocycles. The topological polar surface area (TPSA) is 104 Å². The second kappa shape index (κ2) is 7.43. The number of carboxylic acid groups (broad SMARTS) is 1. The van der Waals surface area contributed by atoms with Gasteiger partial charge in [-0.15, -0.1) is 11.8 Å². The minimum absolute atomic E-state index is 0.170. The van der Waals surface area contributed by atoms with Crippen LogP contribution >= 0.6 is 11.8 Å². The number of benzene rings is 1. The molecule has 27 heavy (non-hydrogen) atoms. The van der Waals surface area contributed by atoms with Crippen molar-refractivity contribution in [1.29, 1.82) is 0 Å². The zero-order valence-corrected chi connectivity index (χ0v) is 15.6. The first-order valence-electron chi connectivity index (χ1n) is 8.18. The Morgan fingerprint density at radius 1 is 1.37 bits per heavy atom. The van der Waals surface area contributed by atoms with Crippen LogP contribution in [0.25, 0.3) is 0 Å². The highest BCUT2D eigenvalue weighted by Gasteiger charge is 2.56. The number of amides is 2. The van der Waals surface area contributed by atoms with E-state index in [9.17, 15) is 24.3 Å². The number of carbonyl (C=O) groups excluding carboxylic acids is 3. The Balaban J connectivity index is 1.88. The molecule has 3 rings (SSSR count). The third-order valence-corrected chi connectivity index (χ3v) is 5.74. The third kappa shape index (κ3) is 3.42. The molecule has 2 aliphatic rings. The van der Waals surface area contributed by atoms with Crippen molar-refractivity contribution in [2.45, 2.75) is 25.3 Å². The van der Waals surface area contributed by atoms with Gasteiger partial charge in [0.05, 0.1) is 0 Å². The number of β-lactam (4-membered cyclic amide) rings is 1. The second-order valence-corrected chi connectivity index (χ2v) is 7.35. The van der Waals surface area contributed by atoms with E-state index in [0.717, 1.165) is 5.56 Å². The van der Waals surface area contributed by atoms with Crippen LogP contribution in [0.4, 0.5) is 5.69 Å². The molecule has 0 bridgehead atoms. The fourth-order valence-corrected chi connectivity index (χ4v) is 4.47. The van der Waals surface area contributed by atoms with Crippen LogP contribution in [0.5, 0.6) is 0 Å². The van der Waals surface area contributed by atoms with Gasteiger partial charge >= 0.3 is 11.9 Å². The van der Waals surface area contributed by atoms with E-state index in [4.69, 9.17) is 4.74 Å². The molecule has 1 N–H and O–H groups in total. The number of aliphatic carboxylic acids is 1. The van der Waals surface area contributed by atoms with E-state index in [1.807, 2.05) is 19.1 Å². The van der Waals surface area contributed by atoms with Crippen LogP contribution in [0.1, 0.15) is 12.5 Å². The Hall–Kier alpha value is -2.81. The Morgan fingerprint density at radius 2 is 2.04 bits per heavy atom. The monoisotopic (exact) mass is 390 g/mol. The molecule has 0 saturated carbocycles. The van der Waals surface area contributed by atoms with Crippen LogP contribution in [0.2, 0.25) is 0 Å². The molecule has 0 aromatic heterocycles. The summed E-state index contributed by atoms with van der Waals surface area (Å²) in [5.41, 5.74) is 1.78. The molecular formula is C18H18N2O6S. The number of nitrogens with zero attached hydrogens (tertiary/aromatic N) is 2. The molecule has 2 heterocycles. The van der Waals surface area contributed by atoms with E-state index in [-0.39, 0.29) is 12.3 Å². The van der Waals surface area contributed by atoms with Gasteiger partial charge in [0, 0.05) is 23.9 Å². The number of rotatable bonds is 6. The lowest BCUT2D eigenvalue weighted by Crippen LogP contribution is -2.70. The van der Waals surface area contributed by atoms with Gasteiger partial charge in [0.15, 0.2) is 0 Å². The summed E-state index contributed by atoms with van der Waals surface area (Å²) >= 11 is 1.34. The number of esters is 1. The van der Waals surface area contributed by atoms with Crippen LogP contribution in [0.15, 0.2) is 35.5 Å². The second-order valence-electron chi connectivity index (χ2n) is 6.24. The lowest BCUT2D eigenvalue weighted by molar-refractivity contribution is -0.148. The zero-order valence-electron chi connectivity index (χ0n) is 14.7. The summed E-state index contributed by atoms with van der Waals surface area (Å²) in [6.45, 7) is 2.96. The molecule has 0 unspecified atom stereocenters. The van der Waals surface area contributed by atoms with E-state index < -0.39 is 29.3 Å². The molecule has 0 radical (unpaired) electrons. The summed E-state index contributed by atoms with van der Waals surface area (Å²) in [7, 11) is 0. The maximum atomic E-state index is 12.7. The number of thioether (sulfide) groups is 1. The molecule has 0 spiro atoms. The lowest BCUT2D eigenvalue weighted by atomic mass is 10.0. The van der Waals surface area contributed by atoms with Crippen molar-refractivity contribution in [3.8, 4) is 0 Å². The predicted molar refractivity (Wildman–Crippen MR) is 97.9 cm³/mol. The number of carbonyl (C=O) groups is 4. The smallest absolute Gasteiger partial charge is 0.352 e. The molecule has 142 valence electrons. The highest BCUT2D eigenvalue weighted by molar-refractivity contribution is 8.00. The molecule has 2 amide bonds. The maximum absolute atomic E-state index is 12.7. The Kier molecular flexibility index (Phi) is 5.22. The fourth-order valence-electron chi connectivity index (χ4n) is 3.09. The predicted octanol–water partition coefficient (Wildman–Crippen LogP) is 1.14. The van der Waals surface area contributed by atoms with Gasteiger partial charge in [-0.1, -0.05) is 17.7 Å². The minimum Gasteiger partial charge on any atom is -0.477 e. The van der Waals surface area contributed by atoms with E-state index in [2.05, 4.69) is 0 Å². The van der Waals surface area contributed by atoms with Crippen molar-refractivity contribution in [3.05, 3.63) is 41.1 Å². The van der Waals surface area contributed by atoms with E-state index in [1.165, 1.54) is 28.5 Å². The van der Waals surface area contributed by atoms with Crippen molar-refractivity contribution in [2.75, 3.05) is 17.3 Å². The summed E-state index contributed by atoms with van der Waals surface area (Å²) in [5.74, 6) is -1.97. The average molecular weight is 390 g/mol. The lowest BCUT2D eigenvalue weighted by Gasteiger charge is -2.52. The minimum atomic E-state index is -1.26. The zero-order chi connectivity index (χ0) is 19.7. The number of fused-ring (bicyclic) bond motifs is 1. The van der Waals surface area contributed by atoms with E-state index in [1.54, 1.807) is 12.1 Å². The molecule has 1 aromatic carbocycles. The molecule has 8 nitrogen and oxygen atoms in total. The first-order valence-corrected chi connectivity index (χ1v) is 9.23. The Bertz CT molecular complexity index is 835. The third-order valence-electron chi connectivity index (χ3n) is 4.42. The van der Waals surface area contributed by atoms with Gasteiger partial charge < -0.3 is 9.84 Å². The van der Waals surface area contributed by atoms with Gasteiger partial charge in [-0.25, -0.2) is 4.79 Å². The number of hydrogen-bond acceptors (Lipinski definition) is 6. The summed E-state index contributed by atoms with van der Waals surface area (Å²) in [4.78, 5) is 49.6. The molecule has 1 fully saturated rings. The van der Waals surface area contributed by atoms with Crippen LogP contribution < -0.4 is 4.90 Å². The Labute approximate surface area is 159 Å². The number of aryl methyl sites for hydroxylation is 1. The van der Waals surface area contributed by atoms with Gasteiger partial charge in [-0.05, 0) is 19.1 Å². The summed E-state index contributed by atoms with van der Waals surface area (Å²) in [6, 6.07) is 6.38. The van der Waals surface area contributed by atoms with Gasteiger partial charge in [0.2, 0.25) is 6.41 Å². The summed E-state index contributed by atoms with van der Waals surface area (Å²) in [5, 5.41) is 9.06. The molecular weight excluding hydrogens is 372 g/mol. The van der Waals surface area contributed by atoms with Gasteiger partial charge in [0.25, 0.3) is 5.91 Å². The van der Waals surface area contributed by atoms with E-state index in [0.29, 0.717) is 23.4 Å². The number of ether oxygens (including phenoxy) is 1. The van der Waals surface area contributed by atoms with Gasteiger partial charge in [-0.2, -0.15) is 0 Å². The highest BCUT2D eigenvalue weighted by atomic mass is 32.2. The van der Waals surface area contributed by atoms with Crippen molar-refractivity contribution >= 4 is 41.7 Å². The molecule has 1 saturated heterocycles. The van der Waals surface area contributed by atoms with Crippen molar-refractivity contribution < 1.29 is 29.0 Å². The molecule has 0 aliphatic carbocycles. The highest BCUT2D eigenvalue weighted by Crippen LogP contribution is 2.43. The van der Waals surface area contributed by atoms with Crippen molar-refractivity contribution in [2.24, 2.45) is 0 Å². The van der Waals surface area contributed by atoms with Gasteiger partial charge in [-0.3, -0.25) is 24.2 Å². The van der Waals surface area contributed by atoms with Crippen LogP contribution in [0.3, 0.4) is 0 Å². The molecule has 9 heteroatoms. The van der Waals surface area contributed by atoms with Crippen LogP contribution in [0, 0.1) is 6.92 Å².